The summed E-state index contributed by atoms with van der Waals surface area (Å²) >= 11 is 0. The molecule has 20 heavy (non-hydrogen) atoms. The molecule has 0 bridgehead atoms. The molecule has 0 aliphatic heterocycles. The average molecular weight is 271 g/mol. The number of phenols is 1. The molecule has 1 amide bonds. The number of aromatic hydroxyl groups is 1. The number of hydrogen-bond acceptors (Lipinski definition) is 3. The number of alkyl carbamates (subject to hydrolysis) is 1. The number of rotatable bonds is 4. The lowest BCUT2D eigenvalue weighted by atomic mass is 10.1. The molecule has 0 saturated carbocycles. The van der Waals surface area contributed by atoms with Crippen LogP contribution in [0.2, 0.25) is 0 Å². The summed E-state index contributed by atoms with van der Waals surface area (Å²) in [6.07, 6.45) is -0.506. The Morgan fingerprint density at radius 2 is 1.95 bits per heavy atom. The fourth-order valence-corrected chi connectivity index (χ4v) is 1.76. The van der Waals surface area contributed by atoms with Crippen LogP contribution in [0.4, 0.5) is 4.79 Å². The van der Waals surface area contributed by atoms with E-state index >= 15 is 0 Å². The number of benzene rings is 2. The summed E-state index contributed by atoms with van der Waals surface area (Å²) in [5.74, 6) is 0.174. The van der Waals surface area contributed by atoms with Crippen LogP contribution in [0.15, 0.2) is 48.5 Å². The molecule has 2 rings (SSSR count). The number of amides is 1. The van der Waals surface area contributed by atoms with Crippen molar-refractivity contribution in [3.05, 3.63) is 65.2 Å². The van der Waals surface area contributed by atoms with Crippen molar-refractivity contribution in [2.45, 2.75) is 20.1 Å². The Labute approximate surface area is 118 Å². The van der Waals surface area contributed by atoms with E-state index < -0.39 is 6.09 Å². The summed E-state index contributed by atoms with van der Waals surface area (Å²) in [4.78, 5) is 11.6. The first-order chi connectivity index (χ1) is 9.65. The van der Waals surface area contributed by atoms with Gasteiger partial charge in [-0.2, -0.15) is 0 Å². The maximum absolute atomic E-state index is 11.6. The number of phenolic OH excluding ortho intramolecular Hbond substituents is 1. The lowest BCUT2D eigenvalue weighted by molar-refractivity contribution is 0.139. The summed E-state index contributed by atoms with van der Waals surface area (Å²) in [6.45, 7) is 2.36. The van der Waals surface area contributed by atoms with Crippen molar-refractivity contribution in [2.75, 3.05) is 0 Å². The van der Waals surface area contributed by atoms with E-state index in [9.17, 15) is 9.90 Å². The number of nitrogens with one attached hydrogen (secondary N) is 1. The van der Waals surface area contributed by atoms with Crippen LogP contribution in [0.1, 0.15) is 16.7 Å². The molecule has 0 aliphatic carbocycles. The highest BCUT2D eigenvalue weighted by Gasteiger charge is 2.05. The SMILES string of the molecule is Cc1ccc(CNC(=O)OCc2ccccc2)c(O)c1. The smallest absolute Gasteiger partial charge is 0.407 e. The van der Waals surface area contributed by atoms with Crippen molar-refractivity contribution in [2.24, 2.45) is 0 Å². The fourth-order valence-electron chi connectivity index (χ4n) is 1.76. The molecule has 0 aromatic heterocycles. The number of aryl methyl sites for hydroxylation is 1. The van der Waals surface area contributed by atoms with Gasteiger partial charge in [-0.05, 0) is 24.1 Å². The van der Waals surface area contributed by atoms with Gasteiger partial charge in [-0.25, -0.2) is 4.79 Å². The Bertz CT molecular complexity index is 582. The predicted molar refractivity (Wildman–Crippen MR) is 76.3 cm³/mol. The molecule has 2 aromatic rings. The van der Waals surface area contributed by atoms with Crippen molar-refractivity contribution in [3.8, 4) is 5.75 Å². The van der Waals surface area contributed by atoms with Crippen LogP contribution >= 0.6 is 0 Å². The van der Waals surface area contributed by atoms with E-state index in [1.165, 1.54) is 0 Å². The van der Waals surface area contributed by atoms with Gasteiger partial charge in [0, 0.05) is 12.1 Å². The monoisotopic (exact) mass is 271 g/mol. The molecule has 0 unspecified atom stereocenters. The van der Waals surface area contributed by atoms with E-state index in [0.29, 0.717) is 5.56 Å². The van der Waals surface area contributed by atoms with E-state index in [0.717, 1.165) is 11.1 Å². The molecule has 0 aliphatic rings. The first-order valence-electron chi connectivity index (χ1n) is 6.38. The molecule has 4 nitrogen and oxygen atoms in total. The molecule has 0 saturated heterocycles. The van der Waals surface area contributed by atoms with Gasteiger partial charge in [-0.3, -0.25) is 0 Å². The van der Waals surface area contributed by atoms with Crippen LogP contribution < -0.4 is 5.32 Å². The van der Waals surface area contributed by atoms with Gasteiger partial charge < -0.3 is 15.2 Å². The largest absolute Gasteiger partial charge is 0.508 e. The quantitative estimate of drug-likeness (QED) is 0.898. The fraction of sp³-hybridized carbons (Fsp3) is 0.188. The predicted octanol–water partition coefficient (Wildman–Crippen LogP) is 3.13. The van der Waals surface area contributed by atoms with Gasteiger partial charge in [0.15, 0.2) is 0 Å². The van der Waals surface area contributed by atoms with E-state index in [1.807, 2.05) is 43.3 Å². The third kappa shape index (κ3) is 4.02. The number of carbonyl (C=O) groups is 1. The first-order valence-corrected chi connectivity index (χ1v) is 6.38. The molecule has 0 heterocycles. The number of ether oxygens (including phenoxy) is 1. The number of carbonyl (C=O) groups excluding carboxylic acids is 1. The van der Waals surface area contributed by atoms with E-state index in [-0.39, 0.29) is 18.9 Å². The lowest BCUT2D eigenvalue weighted by Gasteiger charge is -2.08. The Kier molecular flexibility index (Phi) is 4.60. The molecular weight excluding hydrogens is 254 g/mol. The molecule has 0 fully saturated rings. The van der Waals surface area contributed by atoms with Gasteiger partial charge in [-0.15, -0.1) is 0 Å². The normalized spacial score (nSPS) is 10.1. The van der Waals surface area contributed by atoms with Crippen molar-refractivity contribution >= 4 is 6.09 Å². The zero-order chi connectivity index (χ0) is 14.4. The Morgan fingerprint density at radius 3 is 2.65 bits per heavy atom. The zero-order valence-electron chi connectivity index (χ0n) is 11.3. The topological polar surface area (TPSA) is 58.6 Å². The second kappa shape index (κ2) is 6.61. The third-order valence-corrected chi connectivity index (χ3v) is 2.88. The van der Waals surface area contributed by atoms with Gasteiger partial charge >= 0.3 is 6.09 Å². The minimum Gasteiger partial charge on any atom is -0.508 e. The lowest BCUT2D eigenvalue weighted by Crippen LogP contribution is -2.23. The Balaban J connectivity index is 1.80. The van der Waals surface area contributed by atoms with Crippen molar-refractivity contribution in [1.82, 2.24) is 5.32 Å². The van der Waals surface area contributed by atoms with Crippen LogP contribution in [0, 0.1) is 6.92 Å². The second-order valence-corrected chi connectivity index (χ2v) is 4.55. The van der Waals surface area contributed by atoms with Gasteiger partial charge in [-0.1, -0.05) is 42.5 Å². The van der Waals surface area contributed by atoms with Crippen LogP contribution in [0.25, 0.3) is 0 Å². The minimum absolute atomic E-state index is 0.174. The second-order valence-electron chi connectivity index (χ2n) is 4.55. The van der Waals surface area contributed by atoms with E-state index in [2.05, 4.69) is 5.32 Å². The maximum atomic E-state index is 11.6. The summed E-state index contributed by atoms with van der Waals surface area (Å²) in [7, 11) is 0. The molecule has 104 valence electrons. The maximum Gasteiger partial charge on any atom is 0.407 e. The highest BCUT2D eigenvalue weighted by Crippen LogP contribution is 2.17. The summed E-state index contributed by atoms with van der Waals surface area (Å²) in [6, 6.07) is 14.8. The molecule has 0 radical (unpaired) electrons. The molecule has 4 heteroatoms. The Hall–Kier alpha value is -2.49. The molecule has 2 N–H and O–H groups in total. The van der Waals surface area contributed by atoms with Gasteiger partial charge in [0.2, 0.25) is 0 Å². The molecule has 0 atom stereocenters. The minimum atomic E-state index is -0.506. The van der Waals surface area contributed by atoms with Crippen molar-refractivity contribution in [1.29, 1.82) is 0 Å². The van der Waals surface area contributed by atoms with Crippen LogP contribution in [-0.2, 0) is 17.9 Å². The summed E-state index contributed by atoms with van der Waals surface area (Å²) < 4.78 is 5.08. The molecule has 2 aromatic carbocycles. The van der Waals surface area contributed by atoms with Gasteiger partial charge in [0.1, 0.15) is 12.4 Å². The van der Waals surface area contributed by atoms with Crippen LogP contribution in [-0.4, -0.2) is 11.2 Å². The third-order valence-electron chi connectivity index (χ3n) is 2.88. The first kappa shape index (κ1) is 13.9. The summed E-state index contributed by atoms with van der Waals surface area (Å²) in [5.41, 5.74) is 2.56. The number of hydrogen-bond donors (Lipinski definition) is 2. The van der Waals surface area contributed by atoms with Crippen LogP contribution in [0.3, 0.4) is 0 Å². The van der Waals surface area contributed by atoms with Crippen molar-refractivity contribution < 1.29 is 14.6 Å². The average Bonchev–Trinajstić information content (AvgIpc) is 2.45. The highest BCUT2D eigenvalue weighted by atomic mass is 16.5. The van der Waals surface area contributed by atoms with E-state index in [1.54, 1.807) is 12.1 Å². The molecular formula is C16H17NO3. The summed E-state index contributed by atoms with van der Waals surface area (Å²) in [5, 5.41) is 12.3. The standard InChI is InChI=1S/C16H17NO3/c1-12-7-8-14(15(18)9-12)10-17-16(19)20-11-13-5-3-2-4-6-13/h2-9,18H,10-11H2,1H3,(H,17,19). The van der Waals surface area contributed by atoms with E-state index in [4.69, 9.17) is 4.74 Å². The highest BCUT2D eigenvalue weighted by molar-refractivity contribution is 5.67. The van der Waals surface area contributed by atoms with Gasteiger partial charge in [0.25, 0.3) is 0 Å². The molecule has 0 spiro atoms. The zero-order valence-corrected chi connectivity index (χ0v) is 11.3. The Morgan fingerprint density at radius 1 is 1.20 bits per heavy atom. The van der Waals surface area contributed by atoms with Gasteiger partial charge in [0.05, 0.1) is 0 Å². The van der Waals surface area contributed by atoms with Crippen LogP contribution in [0.5, 0.6) is 5.75 Å². The van der Waals surface area contributed by atoms with Crippen molar-refractivity contribution in [3.63, 3.8) is 0 Å².